The van der Waals surface area contributed by atoms with Crippen molar-refractivity contribution in [2.24, 2.45) is 5.92 Å². The third-order valence-corrected chi connectivity index (χ3v) is 4.41. The zero-order valence-corrected chi connectivity index (χ0v) is 15.5. The second-order valence-electron chi connectivity index (χ2n) is 6.34. The Kier molecular flexibility index (Phi) is 7.06. The minimum Gasteiger partial charge on any atom is -0.377 e. The van der Waals surface area contributed by atoms with Crippen LogP contribution in [-0.2, 0) is 22.5 Å². The summed E-state index contributed by atoms with van der Waals surface area (Å²) in [6.07, 6.45) is 4.55. The average Bonchev–Trinajstić information content (AvgIpc) is 3.03. The van der Waals surface area contributed by atoms with Crippen molar-refractivity contribution in [3.8, 4) is 11.1 Å². The van der Waals surface area contributed by atoms with Crippen molar-refractivity contribution in [1.29, 1.82) is 0 Å². The van der Waals surface area contributed by atoms with E-state index in [1.54, 1.807) is 0 Å². The molecule has 5 heteroatoms. The molecule has 0 amide bonds. The number of hydrogen-bond donors (Lipinski definition) is 1. The molecule has 4 nitrogen and oxygen atoms in total. The summed E-state index contributed by atoms with van der Waals surface area (Å²) in [6, 6.07) is 8.09. The number of ketones is 1. The molecule has 1 aromatic carbocycles. The van der Waals surface area contributed by atoms with E-state index >= 15 is 0 Å². The molecule has 0 radical (unpaired) electrons. The predicted molar refractivity (Wildman–Crippen MR) is 100 cm³/mol. The Hall–Kier alpha value is -1.59. The minimum atomic E-state index is -0.0132. The average molecular weight is 346 g/mol. The predicted octanol–water partition coefficient (Wildman–Crippen LogP) is 3.65. The molecule has 1 aromatic heterocycles. The van der Waals surface area contributed by atoms with E-state index in [4.69, 9.17) is 4.74 Å². The largest absolute Gasteiger partial charge is 0.377 e. The van der Waals surface area contributed by atoms with Crippen LogP contribution in [0, 0.1) is 5.92 Å². The van der Waals surface area contributed by atoms with Gasteiger partial charge in [0.05, 0.1) is 25.5 Å². The van der Waals surface area contributed by atoms with Gasteiger partial charge in [0.25, 0.3) is 0 Å². The molecule has 1 unspecified atom stereocenters. The van der Waals surface area contributed by atoms with Gasteiger partial charge in [-0.05, 0) is 30.7 Å². The number of Topliss-reactive ketones (excluding diaryl/α,β-unsaturated/α-hetero) is 1. The molecule has 2 rings (SSSR count). The number of hydrogen-bond acceptors (Lipinski definition) is 4. The van der Waals surface area contributed by atoms with E-state index in [1.165, 1.54) is 0 Å². The Morgan fingerprint density at radius 3 is 2.79 bits per heavy atom. The van der Waals surface area contributed by atoms with Crippen LogP contribution in [0.15, 0.2) is 36.7 Å². The van der Waals surface area contributed by atoms with Crippen LogP contribution in [0.4, 0.5) is 0 Å². The lowest BCUT2D eigenvalue weighted by Gasteiger charge is -2.08. The fraction of sp³-hybridized carbons (Fsp3) is 0.474. The van der Waals surface area contributed by atoms with E-state index in [0.29, 0.717) is 18.8 Å². The van der Waals surface area contributed by atoms with Crippen LogP contribution in [-0.4, -0.2) is 34.0 Å². The van der Waals surface area contributed by atoms with Crippen LogP contribution < -0.4 is 0 Å². The molecule has 0 N–H and O–H groups in total. The normalized spacial score (nSPS) is 12.5. The number of carbonyl (C=O) groups is 1. The topological polar surface area (TPSA) is 44.1 Å². The minimum absolute atomic E-state index is 0.0132. The second-order valence-corrected chi connectivity index (χ2v) is 6.70. The van der Waals surface area contributed by atoms with Gasteiger partial charge in [-0.2, -0.15) is 17.7 Å². The van der Waals surface area contributed by atoms with E-state index in [2.05, 4.69) is 23.8 Å². The molecular formula is C19H26N2O2S. The third kappa shape index (κ3) is 5.49. The number of rotatable bonds is 9. The van der Waals surface area contributed by atoms with Crippen molar-refractivity contribution in [3.05, 3.63) is 42.2 Å². The van der Waals surface area contributed by atoms with Crippen LogP contribution in [0.1, 0.15) is 26.3 Å². The van der Waals surface area contributed by atoms with Crippen LogP contribution >= 0.6 is 12.6 Å². The zero-order chi connectivity index (χ0) is 17.5. The smallest absolute Gasteiger partial charge is 0.140 e. The molecule has 0 bridgehead atoms. The van der Waals surface area contributed by atoms with Crippen LogP contribution in [0.25, 0.3) is 11.1 Å². The number of ether oxygens (including phenoxy) is 1. The lowest BCUT2D eigenvalue weighted by atomic mass is 9.98. The maximum atomic E-state index is 12.1. The Morgan fingerprint density at radius 1 is 1.29 bits per heavy atom. The quantitative estimate of drug-likeness (QED) is 0.705. The number of nitrogens with zero attached hydrogens (tertiary/aromatic N) is 2. The van der Waals surface area contributed by atoms with Crippen molar-refractivity contribution in [1.82, 2.24) is 9.78 Å². The summed E-state index contributed by atoms with van der Waals surface area (Å²) in [5.74, 6) is 0.799. The van der Waals surface area contributed by atoms with Gasteiger partial charge in [-0.3, -0.25) is 9.48 Å². The van der Waals surface area contributed by atoms with Gasteiger partial charge in [0.1, 0.15) is 5.78 Å². The Bertz CT molecular complexity index is 667. The highest BCUT2D eigenvalue weighted by Crippen LogP contribution is 2.20. The molecule has 0 fully saturated rings. The van der Waals surface area contributed by atoms with Crippen molar-refractivity contribution >= 4 is 18.4 Å². The van der Waals surface area contributed by atoms with E-state index < -0.39 is 0 Å². The van der Waals surface area contributed by atoms with E-state index in [-0.39, 0.29) is 17.8 Å². The first-order valence-corrected chi connectivity index (χ1v) is 8.99. The van der Waals surface area contributed by atoms with Gasteiger partial charge >= 0.3 is 0 Å². The van der Waals surface area contributed by atoms with Gasteiger partial charge in [0.2, 0.25) is 0 Å². The Labute approximate surface area is 149 Å². The van der Waals surface area contributed by atoms with Crippen molar-refractivity contribution < 1.29 is 9.53 Å². The summed E-state index contributed by atoms with van der Waals surface area (Å²) in [7, 11) is 0. The molecule has 1 atom stereocenters. The molecular weight excluding hydrogens is 320 g/mol. The van der Waals surface area contributed by atoms with Crippen molar-refractivity contribution in [2.45, 2.75) is 39.8 Å². The van der Waals surface area contributed by atoms with Crippen LogP contribution in [0.3, 0.4) is 0 Å². The number of carbonyl (C=O) groups excluding carboxylic acids is 1. The fourth-order valence-corrected chi connectivity index (χ4v) is 2.56. The highest BCUT2D eigenvalue weighted by Gasteiger charge is 2.12. The summed E-state index contributed by atoms with van der Waals surface area (Å²) in [6.45, 7) is 7.35. The SMILES string of the molecule is CC(C)OCCn1cc(-c2cccc(CC(=O)C(C)CS)c2)cn1. The van der Waals surface area contributed by atoms with E-state index in [1.807, 2.05) is 56.0 Å². The number of aromatic nitrogens is 2. The van der Waals surface area contributed by atoms with Gasteiger partial charge in [0, 0.05) is 24.1 Å². The Morgan fingerprint density at radius 2 is 2.08 bits per heavy atom. The first-order valence-electron chi connectivity index (χ1n) is 8.36. The molecule has 0 spiro atoms. The standard InChI is InChI=1S/C19H26N2O2S/c1-14(2)23-8-7-21-12-18(11-20-21)17-6-4-5-16(9-17)10-19(22)15(3)13-24/h4-6,9,11-12,14-15,24H,7-8,10,13H2,1-3H3. The van der Waals surface area contributed by atoms with E-state index in [9.17, 15) is 4.79 Å². The number of benzene rings is 1. The molecule has 130 valence electrons. The highest BCUT2D eigenvalue weighted by molar-refractivity contribution is 7.80. The first-order chi connectivity index (χ1) is 11.5. The third-order valence-electron chi connectivity index (χ3n) is 3.87. The van der Waals surface area contributed by atoms with Gasteiger partial charge in [-0.25, -0.2) is 0 Å². The molecule has 1 heterocycles. The molecule has 0 aliphatic heterocycles. The summed E-state index contributed by atoms with van der Waals surface area (Å²) in [5.41, 5.74) is 3.16. The molecule has 0 aliphatic rings. The Balaban J connectivity index is 2.03. The summed E-state index contributed by atoms with van der Waals surface area (Å²) >= 11 is 4.20. The lowest BCUT2D eigenvalue weighted by molar-refractivity contribution is -0.121. The molecule has 24 heavy (non-hydrogen) atoms. The molecule has 0 aliphatic carbocycles. The maximum Gasteiger partial charge on any atom is 0.140 e. The summed E-state index contributed by atoms with van der Waals surface area (Å²) in [4.78, 5) is 12.1. The number of thiol groups is 1. The van der Waals surface area contributed by atoms with Crippen molar-refractivity contribution in [2.75, 3.05) is 12.4 Å². The van der Waals surface area contributed by atoms with Gasteiger partial charge in [0.15, 0.2) is 0 Å². The second kappa shape index (κ2) is 9.04. The maximum absolute atomic E-state index is 12.1. The monoisotopic (exact) mass is 346 g/mol. The molecule has 2 aromatic rings. The van der Waals surface area contributed by atoms with Gasteiger partial charge < -0.3 is 4.74 Å². The van der Waals surface area contributed by atoms with Crippen LogP contribution in [0.5, 0.6) is 0 Å². The first kappa shape index (κ1) is 18.7. The van der Waals surface area contributed by atoms with Gasteiger partial charge in [-0.1, -0.05) is 31.2 Å². The lowest BCUT2D eigenvalue weighted by Crippen LogP contribution is -2.14. The van der Waals surface area contributed by atoms with Crippen LogP contribution in [0.2, 0.25) is 0 Å². The fourth-order valence-electron chi connectivity index (χ4n) is 2.35. The molecule has 0 saturated heterocycles. The highest BCUT2D eigenvalue weighted by atomic mass is 32.1. The summed E-state index contributed by atoms with van der Waals surface area (Å²) in [5, 5.41) is 4.38. The summed E-state index contributed by atoms with van der Waals surface area (Å²) < 4.78 is 7.44. The molecule has 0 saturated carbocycles. The zero-order valence-electron chi connectivity index (χ0n) is 14.6. The van der Waals surface area contributed by atoms with E-state index in [0.717, 1.165) is 23.2 Å². The van der Waals surface area contributed by atoms with Crippen molar-refractivity contribution in [3.63, 3.8) is 0 Å². The van der Waals surface area contributed by atoms with Gasteiger partial charge in [-0.15, -0.1) is 0 Å².